The molecule has 3 atom stereocenters. The molecule has 1 amide bonds. The summed E-state index contributed by atoms with van der Waals surface area (Å²) in [7, 11) is -1.70. The van der Waals surface area contributed by atoms with Gasteiger partial charge < -0.3 is 9.30 Å². The van der Waals surface area contributed by atoms with Crippen LogP contribution in [0.3, 0.4) is 0 Å². The first-order valence-corrected chi connectivity index (χ1v) is 13.7. The maximum absolute atomic E-state index is 12.5. The monoisotopic (exact) mass is 505 g/mol. The number of carbonyl (C=O) groups excluding carboxylic acids is 1. The zero-order valence-electron chi connectivity index (χ0n) is 19.4. The van der Waals surface area contributed by atoms with Crippen LogP contribution in [0.4, 0.5) is 10.5 Å². The molecule has 0 saturated carbocycles. The second-order valence-electron chi connectivity index (χ2n) is 9.34. The Morgan fingerprint density at radius 1 is 1.32 bits per heavy atom. The molecule has 0 N–H and O–H groups in total. The molecule has 2 aliphatic rings. The lowest BCUT2D eigenvalue weighted by Crippen LogP contribution is -2.42. The molecule has 1 aromatic carbocycles. The van der Waals surface area contributed by atoms with Crippen molar-refractivity contribution in [2.75, 3.05) is 23.5 Å². The van der Waals surface area contributed by atoms with Crippen LogP contribution in [-0.2, 0) is 27.5 Å². The number of hydrogen-bond acceptors (Lipinski definition) is 6. The maximum Gasteiger partial charge on any atom is 0.414 e. The van der Waals surface area contributed by atoms with Gasteiger partial charge >= 0.3 is 6.09 Å². The summed E-state index contributed by atoms with van der Waals surface area (Å²) in [4.78, 5) is 19.3. The fourth-order valence-electron chi connectivity index (χ4n) is 5.30. The number of fused-ring (bicyclic) bond motifs is 3. The lowest BCUT2D eigenvalue weighted by Gasteiger charge is -2.34. The Kier molecular flexibility index (Phi) is 5.84. The van der Waals surface area contributed by atoms with E-state index in [1.807, 2.05) is 19.1 Å². The predicted octanol–water partition coefficient (Wildman–Crippen LogP) is 3.96. The highest BCUT2D eigenvalue weighted by atomic mass is 35.5. The molecule has 2 aliphatic heterocycles. The second-order valence-corrected chi connectivity index (χ2v) is 12.0. The van der Waals surface area contributed by atoms with Gasteiger partial charge in [-0.25, -0.2) is 18.2 Å². The van der Waals surface area contributed by atoms with Crippen LogP contribution in [0.15, 0.2) is 24.5 Å². The van der Waals surface area contributed by atoms with Gasteiger partial charge in [0.25, 0.3) is 0 Å². The summed E-state index contributed by atoms with van der Waals surface area (Å²) in [5.74, 6) is 1.06. The van der Waals surface area contributed by atoms with E-state index in [-0.39, 0.29) is 29.5 Å². The van der Waals surface area contributed by atoms with E-state index in [1.54, 1.807) is 22.0 Å². The van der Waals surface area contributed by atoms with Gasteiger partial charge in [-0.2, -0.15) is 5.10 Å². The summed E-state index contributed by atoms with van der Waals surface area (Å²) < 4.78 is 33.6. The van der Waals surface area contributed by atoms with Crippen molar-refractivity contribution in [3.05, 3.63) is 40.9 Å². The average molecular weight is 506 g/mol. The number of halogens is 1. The van der Waals surface area contributed by atoms with Crippen molar-refractivity contribution < 1.29 is 17.9 Å². The summed E-state index contributed by atoms with van der Waals surface area (Å²) in [6.07, 6.45) is 5.11. The minimum Gasteiger partial charge on any atom is -0.452 e. The van der Waals surface area contributed by atoms with Gasteiger partial charge in [-0.15, -0.1) is 0 Å². The molecule has 0 bridgehead atoms. The third-order valence-corrected chi connectivity index (χ3v) is 8.88. The molecule has 5 rings (SSSR count). The van der Waals surface area contributed by atoms with Gasteiger partial charge in [0.1, 0.15) is 5.82 Å². The molecule has 3 aromatic rings. The number of rotatable bonds is 4. The van der Waals surface area contributed by atoms with E-state index in [4.69, 9.17) is 21.3 Å². The standard InChI is InChI=1S/C23H28ClN5O4S/c1-14(11-27-12-16(24)10-25-27)22-26-21-18-5-4-15(2)28(23(30)33-3)19(18)6-7-20(21)29(22)17-8-9-34(31,32)13-17/h6-7,10,12,14-15,17H,4-5,8-9,11,13H2,1-3H3/t14?,15-,17?/m0/s1. The van der Waals surface area contributed by atoms with Crippen LogP contribution in [-0.4, -0.2) is 58.5 Å². The minimum absolute atomic E-state index is 0.0161. The van der Waals surface area contributed by atoms with Crippen molar-refractivity contribution in [2.45, 2.75) is 57.7 Å². The first kappa shape index (κ1) is 23.2. The molecule has 0 spiro atoms. The van der Waals surface area contributed by atoms with E-state index < -0.39 is 15.9 Å². The molecule has 0 aliphatic carbocycles. The van der Waals surface area contributed by atoms with Gasteiger partial charge in [-0.05, 0) is 38.3 Å². The molecule has 1 saturated heterocycles. The molecular weight excluding hydrogens is 478 g/mol. The zero-order valence-corrected chi connectivity index (χ0v) is 21.0. The summed E-state index contributed by atoms with van der Waals surface area (Å²) in [5, 5.41) is 4.86. The van der Waals surface area contributed by atoms with Gasteiger partial charge in [0.05, 0.1) is 59.1 Å². The number of amides is 1. The maximum atomic E-state index is 12.5. The van der Waals surface area contributed by atoms with Crippen LogP contribution in [0.5, 0.6) is 0 Å². The Morgan fingerprint density at radius 2 is 2.12 bits per heavy atom. The fourth-order valence-corrected chi connectivity index (χ4v) is 7.16. The van der Waals surface area contributed by atoms with Crippen LogP contribution in [0.1, 0.15) is 50.0 Å². The SMILES string of the molecule is COC(=O)N1c2ccc3c(nc(C(C)Cn4cc(Cl)cn4)n3C3CCS(=O)(=O)C3)c2CC[C@@H]1C. The number of nitrogens with zero attached hydrogens (tertiary/aromatic N) is 5. The fraction of sp³-hybridized carbons (Fsp3) is 0.522. The van der Waals surface area contributed by atoms with Crippen molar-refractivity contribution >= 4 is 44.3 Å². The summed E-state index contributed by atoms with van der Waals surface area (Å²) in [5.41, 5.74) is 3.53. The first-order valence-electron chi connectivity index (χ1n) is 11.5. The number of hydrogen-bond donors (Lipinski definition) is 0. The normalized spacial score (nSPS) is 22.6. The number of aryl methyl sites for hydroxylation is 1. The predicted molar refractivity (Wildman–Crippen MR) is 130 cm³/mol. The Balaban J connectivity index is 1.65. The topological polar surface area (TPSA) is 99.3 Å². The summed E-state index contributed by atoms with van der Waals surface area (Å²) >= 11 is 6.05. The molecular formula is C23H28ClN5O4S. The van der Waals surface area contributed by atoms with E-state index >= 15 is 0 Å². The number of ether oxygens (including phenoxy) is 1. The molecule has 1 fully saturated rings. The Labute approximate surface area is 203 Å². The van der Waals surface area contributed by atoms with E-state index in [1.165, 1.54) is 7.11 Å². The number of methoxy groups -OCH3 is 1. The molecule has 34 heavy (non-hydrogen) atoms. The number of carbonyl (C=O) groups is 1. The Hall–Kier alpha value is -2.59. The first-order chi connectivity index (χ1) is 16.2. The number of benzene rings is 1. The van der Waals surface area contributed by atoms with E-state index in [0.29, 0.717) is 18.0 Å². The van der Waals surface area contributed by atoms with Crippen molar-refractivity contribution in [2.24, 2.45) is 0 Å². The van der Waals surface area contributed by atoms with Crippen molar-refractivity contribution in [1.29, 1.82) is 0 Å². The van der Waals surface area contributed by atoms with Gasteiger partial charge in [0, 0.05) is 23.7 Å². The molecule has 11 heteroatoms. The van der Waals surface area contributed by atoms with E-state index in [2.05, 4.69) is 16.6 Å². The smallest absolute Gasteiger partial charge is 0.414 e. The summed E-state index contributed by atoms with van der Waals surface area (Å²) in [6.45, 7) is 4.63. The number of anilines is 1. The molecule has 0 radical (unpaired) electrons. The molecule has 182 valence electrons. The highest BCUT2D eigenvalue weighted by Gasteiger charge is 2.35. The number of sulfone groups is 1. The number of aromatic nitrogens is 4. The minimum atomic E-state index is -3.09. The largest absolute Gasteiger partial charge is 0.452 e. The summed E-state index contributed by atoms with van der Waals surface area (Å²) in [6, 6.07) is 3.74. The van der Waals surface area contributed by atoms with Crippen LogP contribution in [0, 0.1) is 0 Å². The second kappa shape index (κ2) is 8.57. The highest BCUT2D eigenvalue weighted by Crippen LogP contribution is 2.40. The lowest BCUT2D eigenvalue weighted by atomic mass is 9.95. The quantitative estimate of drug-likeness (QED) is 0.532. The van der Waals surface area contributed by atoms with Gasteiger partial charge in [-0.3, -0.25) is 9.58 Å². The Morgan fingerprint density at radius 3 is 2.76 bits per heavy atom. The highest BCUT2D eigenvalue weighted by molar-refractivity contribution is 7.91. The van der Waals surface area contributed by atoms with Crippen LogP contribution < -0.4 is 4.90 Å². The molecule has 2 aromatic heterocycles. The molecule has 9 nitrogen and oxygen atoms in total. The van der Waals surface area contributed by atoms with E-state index in [0.717, 1.165) is 41.0 Å². The average Bonchev–Trinajstić information content (AvgIpc) is 3.48. The van der Waals surface area contributed by atoms with Gasteiger partial charge in [0.2, 0.25) is 0 Å². The third-order valence-electron chi connectivity index (χ3n) is 6.93. The van der Waals surface area contributed by atoms with Gasteiger partial charge in [0.15, 0.2) is 9.84 Å². The van der Waals surface area contributed by atoms with E-state index in [9.17, 15) is 13.2 Å². The van der Waals surface area contributed by atoms with Crippen LogP contribution in [0.2, 0.25) is 5.02 Å². The van der Waals surface area contributed by atoms with Crippen molar-refractivity contribution in [3.8, 4) is 0 Å². The van der Waals surface area contributed by atoms with Crippen LogP contribution in [0.25, 0.3) is 11.0 Å². The van der Waals surface area contributed by atoms with Crippen LogP contribution >= 0.6 is 11.6 Å². The zero-order chi connectivity index (χ0) is 24.2. The van der Waals surface area contributed by atoms with Crippen molar-refractivity contribution in [1.82, 2.24) is 19.3 Å². The van der Waals surface area contributed by atoms with Gasteiger partial charge in [-0.1, -0.05) is 18.5 Å². The molecule has 2 unspecified atom stereocenters. The molecule has 4 heterocycles. The number of imidazole rings is 1. The Bertz CT molecular complexity index is 1370. The van der Waals surface area contributed by atoms with Crippen molar-refractivity contribution in [3.63, 3.8) is 0 Å². The third kappa shape index (κ3) is 3.96. The lowest BCUT2D eigenvalue weighted by molar-refractivity contribution is 0.175.